The third-order valence-electron chi connectivity index (χ3n) is 4.74. The van der Waals surface area contributed by atoms with Crippen molar-refractivity contribution >= 4 is 40.2 Å². The van der Waals surface area contributed by atoms with E-state index in [1.54, 1.807) is 27.1 Å². The molecule has 30 heavy (non-hydrogen) atoms. The van der Waals surface area contributed by atoms with Crippen molar-refractivity contribution in [3.8, 4) is 0 Å². The lowest BCUT2D eigenvalue weighted by Crippen LogP contribution is -2.26. The number of hydrazine groups is 1. The van der Waals surface area contributed by atoms with Gasteiger partial charge in [0, 0.05) is 20.2 Å². The summed E-state index contributed by atoms with van der Waals surface area (Å²) >= 11 is 0. The average molecular weight is 412 g/mol. The average Bonchev–Trinajstić information content (AvgIpc) is 3.12. The monoisotopic (exact) mass is 412 g/mol. The van der Waals surface area contributed by atoms with Crippen molar-refractivity contribution in [3.63, 3.8) is 0 Å². The van der Waals surface area contributed by atoms with E-state index in [-0.39, 0.29) is 12.3 Å². The zero-order valence-corrected chi connectivity index (χ0v) is 17.0. The molecule has 1 aliphatic rings. The van der Waals surface area contributed by atoms with Gasteiger partial charge in [-0.3, -0.25) is 0 Å². The van der Waals surface area contributed by atoms with Gasteiger partial charge in [-0.05, 0) is 24.6 Å². The quantitative estimate of drug-likeness (QED) is 0.211. The molecule has 0 aliphatic carbocycles. The zero-order valence-electron chi connectivity index (χ0n) is 17.0. The molecule has 1 aliphatic heterocycles. The number of nitrogens with one attached hydrogen (secondary N) is 2. The Morgan fingerprint density at radius 1 is 1.37 bits per heavy atom. The number of hydrogen-bond acceptors (Lipinski definition) is 10. The first kappa shape index (κ1) is 19.7. The number of nitrogen functional groups attached to an aromatic ring is 1. The maximum Gasteiger partial charge on any atom is 0.359 e. The number of nitrogens with zero attached hydrogens (tertiary/aromatic N) is 4. The van der Waals surface area contributed by atoms with Crippen molar-refractivity contribution in [2.24, 2.45) is 5.84 Å². The highest BCUT2D eigenvalue weighted by Gasteiger charge is 2.21. The van der Waals surface area contributed by atoms with Crippen LogP contribution in [0.5, 0.6) is 0 Å². The second kappa shape index (κ2) is 7.69. The van der Waals surface area contributed by atoms with Crippen LogP contribution in [0.2, 0.25) is 0 Å². The fraction of sp³-hybridized carbons (Fsp3) is 0.316. The number of nitrogens with two attached hydrogens (primary N) is 2. The largest absolute Gasteiger partial charge is 0.455 e. The SMILES string of the molecule is CNc1cc2nn3c(cnc13)C(=O)OC(C)COCc1cc(c(N)c(N(C)N)c1)N2. The minimum Gasteiger partial charge on any atom is -0.455 e. The fourth-order valence-corrected chi connectivity index (χ4v) is 3.29. The first-order chi connectivity index (χ1) is 14.4. The van der Waals surface area contributed by atoms with Crippen molar-refractivity contribution in [2.45, 2.75) is 19.6 Å². The summed E-state index contributed by atoms with van der Waals surface area (Å²) in [6.45, 7) is 2.29. The van der Waals surface area contributed by atoms with E-state index < -0.39 is 12.1 Å². The van der Waals surface area contributed by atoms with E-state index in [1.165, 1.54) is 15.7 Å². The number of esters is 1. The van der Waals surface area contributed by atoms with Gasteiger partial charge in [0.2, 0.25) is 0 Å². The third-order valence-corrected chi connectivity index (χ3v) is 4.74. The number of imidazole rings is 1. The molecule has 6 N–H and O–H groups in total. The summed E-state index contributed by atoms with van der Waals surface area (Å²) < 4.78 is 12.7. The van der Waals surface area contributed by atoms with Gasteiger partial charge in [0.05, 0.1) is 42.2 Å². The van der Waals surface area contributed by atoms with E-state index in [1.807, 2.05) is 12.1 Å². The standard InChI is InChI=1S/C19H24N8O3/c1-10-8-29-9-11-4-12(17(20)14(5-11)26(3)21)24-16-6-13(22-2)18-23-7-15(19(28)30-10)27(18)25-16/h4-7,10,22H,8-9,20-21H2,1-3H3,(H,24,25). The van der Waals surface area contributed by atoms with Crippen LogP contribution in [0.25, 0.3) is 5.65 Å². The van der Waals surface area contributed by atoms with Gasteiger partial charge in [-0.25, -0.2) is 20.1 Å². The predicted molar refractivity (Wildman–Crippen MR) is 114 cm³/mol. The Bertz CT molecular complexity index is 1110. The molecule has 11 nitrogen and oxygen atoms in total. The Hall–Kier alpha value is -3.57. The van der Waals surface area contributed by atoms with Crippen LogP contribution in [0.15, 0.2) is 24.4 Å². The molecule has 0 spiro atoms. The van der Waals surface area contributed by atoms with Crippen molar-refractivity contribution in [3.05, 3.63) is 35.7 Å². The molecule has 1 atom stereocenters. The van der Waals surface area contributed by atoms with Crippen LogP contribution < -0.4 is 27.2 Å². The number of carbonyl (C=O) groups is 1. The van der Waals surface area contributed by atoms with Crippen LogP contribution in [-0.4, -0.2) is 47.4 Å². The summed E-state index contributed by atoms with van der Waals surface area (Å²) in [7, 11) is 3.47. The number of rotatable bonds is 2. The molecule has 3 heterocycles. The number of aromatic nitrogens is 3. The molecule has 2 aromatic heterocycles. The molecule has 0 saturated carbocycles. The van der Waals surface area contributed by atoms with E-state index >= 15 is 0 Å². The lowest BCUT2D eigenvalue weighted by Gasteiger charge is -2.21. The lowest BCUT2D eigenvalue weighted by molar-refractivity contribution is -0.00230. The van der Waals surface area contributed by atoms with Gasteiger partial charge in [0.15, 0.2) is 17.2 Å². The van der Waals surface area contributed by atoms with Gasteiger partial charge in [-0.1, -0.05) is 0 Å². The normalized spacial score (nSPS) is 16.7. The van der Waals surface area contributed by atoms with Gasteiger partial charge in [-0.15, -0.1) is 5.10 Å². The maximum absolute atomic E-state index is 12.7. The van der Waals surface area contributed by atoms with E-state index in [9.17, 15) is 4.79 Å². The van der Waals surface area contributed by atoms with Crippen molar-refractivity contribution < 1.29 is 14.3 Å². The minimum absolute atomic E-state index is 0.207. The van der Waals surface area contributed by atoms with Crippen LogP contribution in [0.4, 0.5) is 28.6 Å². The topological polar surface area (TPSA) is 145 Å². The zero-order chi connectivity index (χ0) is 21.4. The lowest BCUT2D eigenvalue weighted by atomic mass is 10.1. The van der Waals surface area contributed by atoms with E-state index in [2.05, 4.69) is 20.7 Å². The number of carbonyl (C=O) groups excluding carboxylic acids is 1. The Kier molecular flexibility index (Phi) is 5.06. The molecule has 11 heteroatoms. The summed E-state index contributed by atoms with van der Waals surface area (Å²) in [5.74, 6) is 5.89. The predicted octanol–water partition coefficient (Wildman–Crippen LogP) is 1.48. The van der Waals surface area contributed by atoms with Gasteiger partial charge in [0.25, 0.3) is 0 Å². The Morgan fingerprint density at radius 2 is 2.17 bits per heavy atom. The molecule has 0 saturated heterocycles. The minimum atomic E-state index is -0.535. The highest BCUT2D eigenvalue weighted by Crippen LogP contribution is 2.34. The number of benzene rings is 1. The highest BCUT2D eigenvalue weighted by atomic mass is 16.6. The van der Waals surface area contributed by atoms with E-state index in [0.29, 0.717) is 40.8 Å². The van der Waals surface area contributed by atoms with Crippen molar-refractivity contribution in [2.75, 3.05) is 42.1 Å². The molecule has 158 valence electrons. The number of anilines is 5. The molecule has 0 amide bonds. The highest BCUT2D eigenvalue weighted by molar-refractivity contribution is 5.90. The molecule has 0 radical (unpaired) electrons. The van der Waals surface area contributed by atoms with Gasteiger partial charge >= 0.3 is 5.97 Å². The third kappa shape index (κ3) is 3.55. The van der Waals surface area contributed by atoms with E-state index in [0.717, 1.165) is 5.56 Å². The summed E-state index contributed by atoms with van der Waals surface area (Å²) in [6, 6.07) is 5.51. The number of cyclic esters (lactones) is 1. The molecule has 4 bridgehead atoms. The Balaban J connectivity index is 1.90. The Morgan fingerprint density at radius 3 is 2.90 bits per heavy atom. The summed E-state index contributed by atoms with van der Waals surface area (Å²) in [6.07, 6.45) is 0.978. The smallest absolute Gasteiger partial charge is 0.359 e. The Labute approximate surface area is 172 Å². The van der Waals surface area contributed by atoms with Crippen LogP contribution in [-0.2, 0) is 16.1 Å². The molecule has 1 aromatic carbocycles. The van der Waals surface area contributed by atoms with Gasteiger partial charge in [0.1, 0.15) is 6.10 Å². The number of hydrogen-bond donors (Lipinski definition) is 4. The van der Waals surface area contributed by atoms with Crippen molar-refractivity contribution in [1.29, 1.82) is 0 Å². The second-order valence-electron chi connectivity index (χ2n) is 7.12. The van der Waals surface area contributed by atoms with Crippen LogP contribution in [0, 0.1) is 0 Å². The number of fused-ring (bicyclic) bond motifs is 3. The first-order valence-corrected chi connectivity index (χ1v) is 9.40. The first-order valence-electron chi connectivity index (χ1n) is 9.40. The summed E-state index contributed by atoms with van der Waals surface area (Å²) in [5, 5.41) is 12.3. The van der Waals surface area contributed by atoms with Crippen LogP contribution in [0.1, 0.15) is 23.0 Å². The maximum atomic E-state index is 12.7. The van der Waals surface area contributed by atoms with E-state index in [4.69, 9.17) is 21.1 Å². The summed E-state index contributed by atoms with van der Waals surface area (Å²) in [5.41, 5.74) is 10.3. The summed E-state index contributed by atoms with van der Waals surface area (Å²) in [4.78, 5) is 17.0. The second-order valence-corrected chi connectivity index (χ2v) is 7.12. The van der Waals surface area contributed by atoms with Crippen LogP contribution >= 0.6 is 0 Å². The fourth-order valence-electron chi connectivity index (χ4n) is 3.29. The molecular weight excluding hydrogens is 388 g/mol. The number of ether oxygens (including phenoxy) is 2. The molecule has 0 fully saturated rings. The van der Waals surface area contributed by atoms with Crippen LogP contribution in [0.3, 0.4) is 0 Å². The van der Waals surface area contributed by atoms with Gasteiger partial charge < -0.3 is 30.8 Å². The molecule has 4 rings (SSSR count). The molecule has 3 aromatic rings. The molecular formula is C19H24N8O3. The van der Waals surface area contributed by atoms with Crippen molar-refractivity contribution in [1.82, 2.24) is 14.6 Å². The molecule has 1 unspecified atom stereocenters. The van der Waals surface area contributed by atoms with Gasteiger partial charge in [-0.2, -0.15) is 0 Å².